The number of hydrogen-bond donors (Lipinski definition) is 2. The summed E-state index contributed by atoms with van der Waals surface area (Å²) in [7, 11) is 0. The summed E-state index contributed by atoms with van der Waals surface area (Å²) in [5.74, 6) is 7.47. The van der Waals surface area contributed by atoms with Crippen LogP contribution in [-0.4, -0.2) is 5.75 Å². The van der Waals surface area contributed by atoms with Crippen molar-refractivity contribution in [2.24, 2.45) is 11.8 Å². The van der Waals surface area contributed by atoms with E-state index in [2.05, 4.69) is 50.5 Å². The summed E-state index contributed by atoms with van der Waals surface area (Å²) < 4.78 is 0. The topological polar surface area (TPSA) is 38.0 Å². The van der Waals surface area contributed by atoms with Gasteiger partial charge in [0.25, 0.3) is 0 Å². The second-order valence-corrected chi connectivity index (χ2v) is 6.03. The van der Waals surface area contributed by atoms with Gasteiger partial charge in [-0.1, -0.05) is 32.9 Å². The third-order valence-corrected chi connectivity index (χ3v) is 3.72. The van der Waals surface area contributed by atoms with E-state index in [4.69, 9.17) is 5.84 Å². The van der Waals surface area contributed by atoms with Gasteiger partial charge in [0.1, 0.15) is 0 Å². The summed E-state index contributed by atoms with van der Waals surface area (Å²) in [6.07, 6.45) is 2.29. The fraction of sp³-hybridized carbons (Fsp3) is 0.571. The van der Waals surface area contributed by atoms with Crippen molar-refractivity contribution in [3.8, 4) is 0 Å². The normalized spacial score (nSPS) is 13.0. The van der Waals surface area contributed by atoms with Gasteiger partial charge < -0.3 is 0 Å². The van der Waals surface area contributed by atoms with Crippen LogP contribution >= 0.6 is 11.8 Å². The monoisotopic (exact) mass is 252 g/mol. The molecule has 0 heterocycles. The number of nitrogens with two attached hydrogens (primary N) is 1. The highest BCUT2D eigenvalue weighted by Gasteiger charge is 2.10. The molecule has 0 saturated carbocycles. The summed E-state index contributed by atoms with van der Waals surface area (Å²) in [5, 5.41) is 0. The Morgan fingerprint density at radius 1 is 1.18 bits per heavy atom. The molecule has 0 aliphatic carbocycles. The van der Waals surface area contributed by atoms with Crippen molar-refractivity contribution >= 4 is 11.8 Å². The van der Waals surface area contributed by atoms with Gasteiger partial charge in [0.05, 0.1) is 0 Å². The van der Waals surface area contributed by atoms with E-state index >= 15 is 0 Å². The average molecular weight is 252 g/mol. The van der Waals surface area contributed by atoms with Gasteiger partial charge in [0, 0.05) is 10.9 Å². The van der Waals surface area contributed by atoms with Gasteiger partial charge in [-0.25, -0.2) is 0 Å². The number of thioether (sulfide) groups is 1. The number of hydrogen-bond acceptors (Lipinski definition) is 3. The molecule has 3 N–H and O–H groups in total. The van der Waals surface area contributed by atoms with Crippen molar-refractivity contribution in [3.63, 3.8) is 0 Å². The Labute approximate surface area is 109 Å². The molecular formula is C14H24N2S. The molecule has 0 saturated heterocycles. The standard InChI is InChI=1S/C14H24N2S/c1-4-17-13-8-6-12(7-9-13)14(16-15)10-5-11(2)3/h6-9,11,14,16H,4-5,10,15H2,1-3H3. The molecule has 1 rings (SSSR count). The first-order chi connectivity index (χ1) is 8.17. The first-order valence-corrected chi connectivity index (χ1v) is 7.34. The first-order valence-electron chi connectivity index (χ1n) is 6.36. The highest BCUT2D eigenvalue weighted by Crippen LogP contribution is 2.23. The lowest BCUT2D eigenvalue weighted by Gasteiger charge is -2.17. The fourth-order valence-corrected chi connectivity index (χ4v) is 2.47. The zero-order chi connectivity index (χ0) is 12.7. The molecule has 1 aromatic carbocycles. The van der Waals surface area contributed by atoms with Crippen LogP contribution < -0.4 is 11.3 Å². The predicted octanol–water partition coefficient (Wildman–Crippen LogP) is 3.74. The zero-order valence-electron chi connectivity index (χ0n) is 11.1. The molecule has 0 radical (unpaired) electrons. The van der Waals surface area contributed by atoms with Crippen molar-refractivity contribution in [1.29, 1.82) is 0 Å². The minimum absolute atomic E-state index is 0.276. The summed E-state index contributed by atoms with van der Waals surface area (Å²) in [5.41, 5.74) is 4.20. The van der Waals surface area contributed by atoms with Crippen LogP contribution in [0.25, 0.3) is 0 Å². The largest absolute Gasteiger partial charge is 0.271 e. The lowest BCUT2D eigenvalue weighted by Crippen LogP contribution is -2.28. The van der Waals surface area contributed by atoms with Crippen LogP contribution in [0.2, 0.25) is 0 Å². The fourth-order valence-electron chi connectivity index (χ4n) is 1.81. The highest BCUT2D eigenvalue weighted by molar-refractivity contribution is 7.99. The van der Waals surface area contributed by atoms with Crippen LogP contribution in [0.3, 0.4) is 0 Å². The molecule has 0 fully saturated rings. The van der Waals surface area contributed by atoms with Gasteiger partial charge in [-0.05, 0) is 42.2 Å². The molecule has 0 amide bonds. The van der Waals surface area contributed by atoms with E-state index in [1.807, 2.05) is 11.8 Å². The van der Waals surface area contributed by atoms with Crippen LogP contribution in [0.1, 0.15) is 45.2 Å². The number of rotatable bonds is 7. The first kappa shape index (κ1) is 14.6. The predicted molar refractivity (Wildman–Crippen MR) is 77.0 cm³/mol. The van der Waals surface area contributed by atoms with E-state index < -0.39 is 0 Å². The Kier molecular flexibility index (Phi) is 6.63. The molecule has 0 spiro atoms. The molecule has 2 nitrogen and oxygen atoms in total. The zero-order valence-corrected chi connectivity index (χ0v) is 11.9. The van der Waals surface area contributed by atoms with Gasteiger partial charge in [0.2, 0.25) is 0 Å². The maximum Gasteiger partial charge on any atom is 0.0460 e. The summed E-state index contributed by atoms with van der Waals surface area (Å²) in [6, 6.07) is 9.01. The third kappa shape index (κ3) is 5.11. The van der Waals surface area contributed by atoms with E-state index in [1.165, 1.54) is 16.9 Å². The lowest BCUT2D eigenvalue weighted by molar-refractivity contribution is 0.448. The van der Waals surface area contributed by atoms with E-state index in [0.717, 1.165) is 18.1 Å². The van der Waals surface area contributed by atoms with Crippen LogP contribution in [0, 0.1) is 5.92 Å². The third-order valence-electron chi connectivity index (χ3n) is 2.83. The number of benzene rings is 1. The summed E-state index contributed by atoms with van der Waals surface area (Å²) in [6.45, 7) is 6.66. The smallest absolute Gasteiger partial charge is 0.0460 e. The van der Waals surface area contributed by atoms with Crippen LogP contribution in [-0.2, 0) is 0 Å². The Morgan fingerprint density at radius 3 is 2.29 bits per heavy atom. The minimum Gasteiger partial charge on any atom is -0.271 e. The molecular weight excluding hydrogens is 228 g/mol. The molecule has 96 valence electrons. The van der Waals surface area contributed by atoms with Gasteiger partial charge >= 0.3 is 0 Å². The summed E-state index contributed by atoms with van der Waals surface area (Å²) in [4.78, 5) is 1.33. The van der Waals surface area contributed by atoms with Crippen LogP contribution in [0.4, 0.5) is 0 Å². The number of hydrazine groups is 1. The highest BCUT2D eigenvalue weighted by atomic mass is 32.2. The van der Waals surface area contributed by atoms with Crippen molar-refractivity contribution < 1.29 is 0 Å². The van der Waals surface area contributed by atoms with Crippen molar-refractivity contribution in [2.45, 2.75) is 44.6 Å². The minimum atomic E-state index is 0.276. The van der Waals surface area contributed by atoms with E-state index in [9.17, 15) is 0 Å². The Balaban J connectivity index is 2.61. The molecule has 17 heavy (non-hydrogen) atoms. The van der Waals surface area contributed by atoms with Crippen LogP contribution in [0.5, 0.6) is 0 Å². The molecule has 0 aromatic heterocycles. The second kappa shape index (κ2) is 7.75. The van der Waals surface area contributed by atoms with Gasteiger partial charge in [-0.15, -0.1) is 11.8 Å². The Hall–Kier alpha value is -0.510. The van der Waals surface area contributed by atoms with E-state index in [0.29, 0.717) is 0 Å². The molecule has 0 aliphatic rings. The van der Waals surface area contributed by atoms with E-state index in [1.54, 1.807) is 0 Å². The van der Waals surface area contributed by atoms with Crippen molar-refractivity contribution in [3.05, 3.63) is 29.8 Å². The summed E-state index contributed by atoms with van der Waals surface area (Å²) >= 11 is 1.87. The van der Waals surface area contributed by atoms with Crippen molar-refractivity contribution in [2.75, 3.05) is 5.75 Å². The Morgan fingerprint density at radius 2 is 1.82 bits per heavy atom. The SMILES string of the molecule is CCSc1ccc(C(CCC(C)C)NN)cc1. The maximum absolute atomic E-state index is 5.63. The molecule has 0 bridgehead atoms. The van der Waals surface area contributed by atoms with Crippen LogP contribution in [0.15, 0.2) is 29.2 Å². The second-order valence-electron chi connectivity index (χ2n) is 4.69. The molecule has 1 atom stereocenters. The van der Waals surface area contributed by atoms with Crippen molar-refractivity contribution in [1.82, 2.24) is 5.43 Å². The van der Waals surface area contributed by atoms with Gasteiger partial charge in [-0.3, -0.25) is 11.3 Å². The number of nitrogens with one attached hydrogen (secondary N) is 1. The quantitative estimate of drug-likeness (QED) is 0.441. The lowest BCUT2D eigenvalue weighted by atomic mass is 9.98. The molecule has 0 aliphatic heterocycles. The Bertz CT molecular complexity index is 309. The molecule has 1 aromatic rings. The van der Waals surface area contributed by atoms with Gasteiger partial charge in [0.15, 0.2) is 0 Å². The average Bonchev–Trinajstić information content (AvgIpc) is 2.32. The molecule has 3 heteroatoms. The molecule has 1 unspecified atom stereocenters. The van der Waals surface area contributed by atoms with E-state index in [-0.39, 0.29) is 6.04 Å². The van der Waals surface area contributed by atoms with Gasteiger partial charge in [-0.2, -0.15) is 0 Å². The maximum atomic E-state index is 5.63.